The number of allylic oxidation sites excluding steroid dienone is 2. The number of Topliss-reactive ketones (excluding diaryl/α,β-unsaturated/α-hetero) is 1. The molecule has 9 nitrogen and oxygen atoms in total. The number of ketones is 1. The van der Waals surface area contributed by atoms with Crippen molar-refractivity contribution < 1.29 is 28.8 Å². The third-order valence-electron chi connectivity index (χ3n) is 7.15. The van der Waals surface area contributed by atoms with Crippen molar-refractivity contribution in [3.63, 3.8) is 0 Å². The first-order valence-corrected chi connectivity index (χ1v) is 10.3. The molecule has 4 aliphatic carbocycles. The molecule has 0 radical (unpaired) electrons. The van der Waals surface area contributed by atoms with Crippen molar-refractivity contribution in [2.75, 3.05) is 6.61 Å². The first kappa shape index (κ1) is 19.6. The summed E-state index contributed by atoms with van der Waals surface area (Å²) in [5, 5.41) is 10.9. The van der Waals surface area contributed by atoms with Gasteiger partial charge in [0.2, 0.25) is 17.6 Å². The highest BCUT2D eigenvalue weighted by Crippen LogP contribution is 2.65. The van der Waals surface area contributed by atoms with Crippen molar-refractivity contribution in [2.45, 2.75) is 19.4 Å². The summed E-state index contributed by atoms with van der Waals surface area (Å²) in [6.07, 6.45) is 5.15. The molecule has 3 fully saturated rings. The Labute approximate surface area is 177 Å². The van der Waals surface area contributed by atoms with E-state index in [9.17, 15) is 29.3 Å². The molecule has 1 aromatic carbocycles. The van der Waals surface area contributed by atoms with Gasteiger partial charge in [-0.05, 0) is 37.0 Å². The number of nitro groups is 1. The number of ether oxygens (including phenoxy) is 1. The fourth-order valence-corrected chi connectivity index (χ4v) is 5.60. The van der Waals surface area contributed by atoms with Crippen molar-refractivity contribution in [1.29, 1.82) is 0 Å². The number of nitro benzene ring substituents is 1. The molecule has 1 aliphatic heterocycles. The van der Waals surface area contributed by atoms with Gasteiger partial charge in [-0.3, -0.25) is 29.4 Å². The van der Waals surface area contributed by atoms with Crippen LogP contribution in [0.5, 0.6) is 0 Å². The number of esters is 1. The molecule has 2 bridgehead atoms. The predicted octanol–water partition coefficient (Wildman–Crippen LogP) is 1.76. The number of hydrogen-bond acceptors (Lipinski definition) is 7. The van der Waals surface area contributed by atoms with Gasteiger partial charge in [-0.1, -0.05) is 24.3 Å². The SMILES string of the molecule is C[C@H](C(=O)OCC(=O)c1cccc([N+](=O)[O-])c1)N1C(=O)[C@@H]2[C@H]3C=C[C@@H]([C@@H]4C[C@@H]34)[C@@H]2C1=O. The minimum atomic E-state index is -1.14. The second-order valence-electron chi connectivity index (χ2n) is 8.72. The Balaban J connectivity index is 1.25. The highest BCUT2D eigenvalue weighted by molar-refractivity contribution is 6.09. The Bertz CT molecular complexity index is 1030. The number of carbonyl (C=O) groups excluding carboxylic acids is 4. The van der Waals surface area contributed by atoms with Gasteiger partial charge in [0.1, 0.15) is 6.04 Å². The number of likely N-dealkylation sites (tertiary alicyclic amines) is 1. The van der Waals surface area contributed by atoms with Crippen LogP contribution in [0, 0.1) is 45.6 Å². The third kappa shape index (κ3) is 2.90. The Hall–Kier alpha value is -3.36. The molecule has 7 atom stereocenters. The van der Waals surface area contributed by atoms with E-state index in [2.05, 4.69) is 12.2 Å². The number of hydrogen-bond donors (Lipinski definition) is 0. The maximum atomic E-state index is 13.0. The molecule has 1 saturated heterocycles. The quantitative estimate of drug-likeness (QED) is 0.170. The number of amides is 2. The van der Waals surface area contributed by atoms with Gasteiger partial charge in [0.15, 0.2) is 6.61 Å². The zero-order valence-corrected chi connectivity index (χ0v) is 16.7. The molecule has 2 amide bonds. The average Bonchev–Trinajstić information content (AvgIpc) is 3.55. The van der Waals surface area contributed by atoms with E-state index in [1.165, 1.54) is 25.1 Å². The number of non-ortho nitro benzene ring substituents is 1. The van der Waals surface area contributed by atoms with Crippen molar-refractivity contribution in [2.24, 2.45) is 35.5 Å². The fourth-order valence-electron chi connectivity index (χ4n) is 5.60. The summed E-state index contributed by atoms with van der Waals surface area (Å²) in [6.45, 7) is 0.785. The lowest BCUT2D eigenvalue weighted by molar-refractivity contribution is -0.384. The third-order valence-corrected chi connectivity index (χ3v) is 7.15. The smallest absolute Gasteiger partial charge is 0.329 e. The number of carbonyl (C=O) groups is 4. The van der Waals surface area contributed by atoms with Crippen LogP contribution in [-0.2, 0) is 19.1 Å². The summed E-state index contributed by atoms with van der Waals surface area (Å²) >= 11 is 0. The number of benzene rings is 1. The minimum absolute atomic E-state index is 0.0378. The Morgan fingerprint density at radius 3 is 2.35 bits per heavy atom. The van der Waals surface area contributed by atoms with Crippen molar-refractivity contribution in [1.82, 2.24) is 4.90 Å². The molecule has 6 rings (SSSR count). The second-order valence-corrected chi connectivity index (χ2v) is 8.72. The Morgan fingerprint density at radius 2 is 1.77 bits per heavy atom. The van der Waals surface area contributed by atoms with E-state index >= 15 is 0 Å². The molecule has 5 aliphatic rings. The maximum absolute atomic E-state index is 13.0. The molecule has 0 unspecified atom stereocenters. The molecule has 0 spiro atoms. The van der Waals surface area contributed by atoms with Gasteiger partial charge in [0, 0.05) is 17.7 Å². The molecule has 160 valence electrons. The lowest BCUT2D eigenvalue weighted by Crippen LogP contribution is -2.45. The summed E-state index contributed by atoms with van der Waals surface area (Å²) in [4.78, 5) is 62.2. The average molecular weight is 424 g/mol. The standard InChI is InChI=1S/C22H20N2O7/c1-10(22(28)31-9-17(25)11-3-2-4-12(7-11)24(29)30)23-20(26)18-13-5-6-14(16-8-15(13)16)19(18)21(23)27/h2-7,10,13-16,18-19H,8-9H2,1H3/t10-,13+,14+,15+,16+,18-,19+/m1/s1. The van der Waals surface area contributed by atoms with E-state index in [0.29, 0.717) is 11.8 Å². The molecule has 0 N–H and O–H groups in total. The van der Waals surface area contributed by atoms with Gasteiger partial charge >= 0.3 is 5.97 Å². The van der Waals surface area contributed by atoms with Crippen LogP contribution in [0.2, 0.25) is 0 Å². The zero-order chi connectivity index (χ0) is 22.0. The lowest BCUT2D eigenvalue weighted by Gasteiger charge is -2.37. The van der Waals surface area contributed by atoms with Crippen molar-refractivity contribution in [3.05, 3.63) is 52.1 Å². The van der Waals surface area contributed by atoms with Crippen LogP contribution in [0.15, 0.2) is 36.4 Å². The normalized spacial score (nSPS) is 33.0. The molecular formula is C22H20N2O7. The highest BCUT2D eigenvalue weighted by Gasteiger charge is 2.67. The number of imide groups is 1. The molecule has 0 aromatic heterocycles. The van der Waals surface area contributed by atoms with Crippen LogP contribution in [-0.4, -0.2) is 46.0 Å². The van der Waals surface area contributed by atoms with Crippen LogP contribution in [0.4, 0.5) is 5.69 Å². The lowest BCUT2D eigenvalue weighted by atomic mass is 9.63. The monoisotopic (exact) mass is 424 g/mol. The van der Waals surface area contributed by atoms with E-state index in [-0.39, 0.29) is 34.9 Å². The summed E-state index contributed by atoms with van der Waals surface area (Å²) in [5.74, 6) is -1.93. The van der Waals surface area contributed by atoms with Crippen LogP contribution in [0.1, 0.15) is 23.7 Å². The van der Waals surface area contributed by atoms with Crippen LogP contribution in [0.25, 0.3) is 0 Å². The summed E-state index contributed by atoms with van der Waals surface area (Å²) in [5.41, 5.74) is -0.210. The molecule has 1 heterocycles. The molecular weight excluding hydrogens is 404 g/mol. The summed E-state index contributed by atoms with van der Waals surface area (Å²) in [7, 11) is 0. The summed E-state index contributed by atoms with van der Waals surface area (Å²) < 4.78 is 5.06. The van der Waals surface area contributed by atoms with Gasteiger partial charge in [-0.15, -0.1) is 0 Å². The van der Waals surface area contributed by atoms with Gasteiger partial charge < -0.3 is 4.74 Å². The molecule has 9 heteroatoms. The topological polar surface area (TPSA) is 124 Å². The first-order chi connectivity index (χ1) is 14.8. The van der Waals surface area contributed by atoms with Gasteiger partial charge in [0.25, 0.3) is 5.69 Å². The van der Waals surface area contributed by atoms with Crippen molar-refractivity contribution >= 4 is 29.3 Å². The minimum Gasteiger partial charge on any atom is -0.456 e. The van der Waals surface area contributed by atoms with Gasteiger partial charge in [-0.25, -0.2) is 4.79 Å². The zero-order valence-electron chi connectivity index (χ0n) is 16.7. The highest BCUT2D eigenvalue weighted by atomic mass is 16.6. The van der Waals surface area contributed by atoms with E-state index in [0.717, 1.165) is 17.4 Å². The first-order valence-electron chi connectivity index (χ1n) is 10.3. The molecule has 2 saturated carbocycles. The Kier molecular flexibility index (Phi) is 4.32. The Morgan fingerprint density at radius 1 is 1.16 bits per heavy atom. The second kappa shape index (κ2) is 6.83. The summed E-state index contributed by atoms with van der Waals surface area (Å²) in [6, 6.07) is 3.97. The van der Waals surface area contributed by atoms with Gasteiger partial charge in [-0.2, -0.15) is 0 Å². The van der Waals surface area contributed by atoms with E-state index in [1.807, 2.05) is 0 Å². The van der Waals surface area contributed by atoms with Crippen LogP contribution < -0.4 is 0 Å². The fraction of sp³-hybridized carbons (Fsp3) is 0.455. The van der Waals surface area contributed by atoms with E-state index in [4.69, 9.17) is 4.74 Å². The van der Waals surface area contributed by atoms with Crippen molar-refractivity contribution in [3.8, 4) is 0 Å². The van der Waals surface area contributed by atoms with Crippen LogP contribution >= 0.6 is 0 Å². The number of nitrogens with zero attached hydrogens (tertiary/aromatic N) is 2. The van der Waals surface area contributed by atoms with E-state index in [1.54, 1.807) is 0 Å². The largest absolute Gasteiger partial charge is 0.456 e. The number of rotatable bonds is 6. The molecule has 31 heavy (non-hydrogen) atoms. The maximum Gasteiger partial charge on any atom is 0.329 e. The molecule has 1 aromatic rings. The van der Waals surface area contributed by atoms with Gasteiger partial charge in [0.05, 0.1) is 16.8 Å². The predicted molar refractivity (Wildman–Crippen MR) is 104 cm³/mol. The van der Waals surface area contributed by atoms with Crippen LogP contribution in [0.3, 0.4) is 0 Å². The van der Waals surface area contributed by atoms with E-state index < -0.39 is 41.2 Å².